The van der Waals surface area contributed by atoms with E-state index < -0.39 is 0 Å². The molecule has 0 amide bonds. The van der Waals surface area contributed by atoms with Crippen molar-refractivity contribution >= 4 is 5.78 Å². The molecule has 1 saturated carbocycles. The lowest BCUT2D eigenvalue weighted by Crippen LogP contribution is -2.31. The second-order valence-electron chi connectivity index (χ2n) is 6.37. The van der Waals surface area contributed by atoms with Crippen LogP contribution in [0.15, 0.2) is 18.2 Å². The molecule has 0 saturated heterocycles. The fraction of sp³-hybridized carbons (Fsp3) is 0.632. The van der Waals surface area contributed by atoms with Gasteiger partial charge in [0.15, 0.2) is 5.78 Å². The van der Waals surface area contributed by atoms with E-state index in [0.29, 0.717) is 12.6 Å². The summed E-state index contributed by atoms with van der Waals surface area (Å²) in [6.07, 6.45) is 7.98. The molecule has 0 heterocycles. The number of carbonyl (C=O) groups excluding carboxylic acids is 1. The van der Waals surface area contributed by atoms with E-state index in [1.165, 1.54) is 38.5 Å². The zero-order chi connectivity index (χ0) is 15.9. The third kappa shape index (κ3) is 4.57. The van der Waals surface area contributed by atoms with Crippen LogP contribution >= 0.6 is 0 Å². The maximum Gasteiger partial charge on any atom is 0.159 e. The first-order valence-corrected chi connectivity index (χ1v) is 8.58. The zero-order valence-corrected chi connectivity index (χ0v) is 14.2. The van der Waals surface area contributed by atoms with Gasteiger partial charge in [0.2, 0.25) is 0 Å². The van der Waals surface area contributed by atoms with Gasteiger partial charge < -0.3 is 4.74 Å². The summed E-state index contributed by atoms with van der Waals surface area (Å²) >= 11 is 0. The second kappa shape index (κ2) is 8.33. The Morgan fingerprint density at radius 2 is 1.91 bits per heavy atom. The average molecular weight is 303 g/mol. The van der Waals surface area contributed by atoms with Crippen molar-refractivity contribution in [3.63, 3.8) is 0 Å². The molecule has 0 atom stereocenters. The van der Waals surface area contributed by atoms with Gasteiger partial charge in [-0.3, -0.25) is 9.69 Å². The van der Waals surface area contributed by atoms with Crippen LogP contribution in [0.3, 0.4) is 0 Å². The van der Waals surface area contributed by atoms with Gasteiger partial charge in [0.25, 0.3) is 0 Å². The van der Waals surface area contributed by atoms with Gasteiger partial charge in [0.1, 0.15) is 5.75 Å². The molecule has 3 nitrogen and oxygen atoms in total. The molecule has 0 N–H and O–H groups in total. The number of benzene rings is 1. The van der Waals surface area contributed by atoms with Gasteiger partial charge in [0.05, 0.1) is 6.61 Å². The van der Waals surface area contributed by atoms with Gasteiger partial charge >= 0.3 is 0 Å². The van der Waals surface area contributed by atoms with Crippen LogP contribution in [-0.2, 0) is 6.54 Å². The topological polar surface area (TPSA) is 29.5 Å². The van der Waals surface area contributed by atoms with Crippen molar-refractivity contribution in [2.45, 2.75) is 65.0 Å². The van der Waals surface area contributed by atoms with Crippen molar-refractivity contribution in [3.8, 4) is 5.75 Å². The van der Waals surface area contributed by atoms with E-state index in [0.717, 1.165) is 23.4 Å². The minimum Gasteiger partial charge on any atom is -0.494 e. The van der Waals surface area contributed by atoms with Gasteiger partial charge in [-0.2, -0.15) is 0 Å². The minimum absolute atomic E-state index is 0.112. The Morgan fingerprint density at radius 3 is 2.50 bits per heavy atom. The molecular formula is C19H29NO2. The quantitative estimate of drug-likeness (QED) is 0.574. The number of ketones is 1. The Hall–Kier alpha value is -1.35. The fourth-order valence-electron chi connectivity index (χ4n) is 3.31. The van der Waals surface area contributed by atoms with Crippen molar-refractivity contribution in [2.24, 2.45) is 0 Å². The predicted octanol–water partition coefficient (Wildman–Crippen LogP) is 4.44. The van der Waals surface area contributed by atoms with Gasteiger partial charge in [-0.05, 0) is 51.9 Å². The summed E-state index contributed by atoms with van der Waals surface area (Å²) in [6.45, 7) is 5.12. The number of hydrogen-bond acceptors (Lipinski definition) is 3. The first kappa shape index (κ1) is 17.0. The van der Waals surface area contributed by atoms with Crippen LogP contribution in [0.4, 0.5) is 0 Å². The smallest absolute Gasteiger partial charge is 0.159 e. The summed E-state index contributed by atoms with van der Waals surface area (Å²) in [6, 6.07) is 6.46. The van der Waals surface area contributed by atoms with Crippen LogP contribution < -0.4 is 4.74 Å². The number of Topliss-reactive ketones (excluding diaryl/α,β-unsaturated/α-hetero) is 1. The first-order chi connectivity index (χ1) is 10.6. The number of rotatable bonds is 6. The minimum atomic E-state index is 0.112. The van der Waals surface area contributed by atoms with E-state index in [9.17, 15) is 4.79 Å². The second-order valence-corrected chi connectivity index (χ2v) is 6.37. The molecule has 1 aromatic carbocycles. The third-order valence-corrected chi connectivity index (χ3v) is 4.63. The molecule has 1 fully saturated rings. The van der Waals surface area contributed by atoms with Crippen molar-refractivity contribution in [1.82, 2.24) is 4.90 Å². The number of ether oxygens (including phenoxy) is 1. The van der Waals surface area contributed by atoms with Crippen molar-refractivity contribution in [2.75, 3.05) is 13.7 Å². The summed E-state index contributed by atoms with van der Waals surface area (Å²) in [5.41, 5.74) is 1.90. The fourth-order valence-corrected chi connectivity index (χ4v) is 3.31. The van der Waals surface area contributed by atoms with Crippen molar-refractivity contribution in [3.05, 3.63) is 29.3 Å². The molecule has 2 rings (SSSR count). The van der Waals surface area contributed by atoms with Crippen LogP contribution in [0.2, 0.25) is 0 Å². The maximum absolute atomic E-state index is 11.6. The molecule has 0 aliphatic heterocycles. The summed E-state index contributed by atoms with van der Waals surface area (Å²) in [5, 5.41) is 0. The molecule has 0 radical (unpaired) electrons. The molecule has 1 aromatic rings. The highest BCUT2D eigenvalue weighted by Crippen LogP contribution is 2.26. The zero-order valence-electron chi connectivity index (χ0n) is 14.2. The van der Waals surface area contributed by atoms with E-state index in [2.05, 4.69) is 11.9 Å². The Kier molecular flexibility index (Phi) is 6.44. The van der Waals surface area contributed by atoms with Crippen LogP contribution in [0.5, 0.6) is 5.75 Å². The van der Waals surface area contributed by atoms with Crippen molar-refractivity contribution < 1.29 is 9.53 Å². The molecule has 3 heteroatoms. The van der Waals surface area contributed by atoms with Gasteiger partial charge in [0, 0.05) is 23.7 Å². The summed E-state index contributed by atoms with van der Waals surface area (Å²) < 4.78 is 5.75. The molecular weight excluding hydrogens is 274 g/mol. The van der Waals surface area contributed by atoms with Crippen LogP contribution in [0, 0.1) is 0 Å². The van der Waals surface area contributed by atoms with Crippen LogP contribution in [0.1, 0.15) is 68.3 Å². The number of nitrogens with zero attached hydrogens (tertiary/aromatic N) is 1. The number of hydrogen-bond donors (Lipinski definition) is 0. The van der Waals surface area contributed by atoms with E-state index in [1.807, 2.05) is 25.1 Å². The molecule has 122 valence electrons. The summed E-state index contributed by atoms with van der Waals surface area (Å²) in [4.78, 5) is 14.1. The van der Waals surface area contributed by atoms with Crippen LogP contribution in [0.25, 0.3) is 0 Å². The lowest BCUT2D eigenvalue weighted by molar-refractivity contribution is 0.101. The Balaban J connectivity index is 2.14. The first-order valence-electron chi connectivity index (χ1n) is 8.58. The van der Waals surface area contributed by atoms with Gasteiger partial charge in [-0.1, -0.05) is 25.7 Å². The Bertz CT molecular complexity index is 490. The summed E-state index contributed by atoms with van der Waals surface area (Å²) in [7, 11) is 2.20. The monoisotopic (exact) mass is 303 g/mol. The SMILES string of the molecule is CCOc1ccc(C(C)=O)cc1CN(C)C1CCCCCC1. The predicted molar refractivity (Wildman–Crippen MR) is 90.6 cm³/mol. The molecule has 22 heavy (non-hydrogen) atoms. The lowest BCUT2D eigenvalue weighted by atomic mass is 10.0. The van der Waals surface area contributed by atoms with E-state index >= 15 is 0 Å². The molecule has 0 unspecified atom stereocenters. The van der Waals surface area contributed by atoms with Gasteiger partial charge in [-0.25, -0.2) is 0 Å². The highest BCUT2D eigenvalue weighted by Gasteiger charge is 2.18. The Morgan fingerprint density at radius 1 is 1.23 bits per heavy atom. The highest BCUT2D eigenvalue weighted by atomic mass is 16.5. The number of carbonyl (C=O) groups is 1. The largest absolute Gasteiger partial charge is 0.494 e. The molecule has 0 aromatic heterocycles. The van der Waals surface area contributed by atoms with E-state index in [-0.39, 0.29) is 5.78 Å². The normalized spacial score (nSPS) is 16.5. The Labute approximate surface area is 134 Å². The van der Waals surface area contributed by atoms with Gasteiger partial charge in [-0.15, -0.1) is 0 Å². The van der Waals surface area contributed by atoms with Crippen LogP contribution in [-0.4, -0.2) is 30.4 Å². The molecule has 0 bridgehead atoms. The van der Waals surface area contributed by atoms with E-state index in [4.69, 9.17) is 4.74 Å². The van der Waals surface area contributed by atoms with E-state index in [1.54, 1.807) is 6.92 Å². The molecule has 0 spiro atoms. The maximum atomic E-state index is 11.6. The highest BCUT2D eigenvalue weighted by molar-refractivity contribution is 5.94. The standard InChI is InChI=1S/C19H29NO2/c1-4-22-19-12-11-16(15(2)21)13-17(19)14-20(3)18-9-7-5-6-8-10-18/h11-13,18H,4-10,14H2,1-3H3. The average Bonchev–Trinajstić information content (AvgIpc) is 2.78. The summed E-state index contributed by atoms with van der Waals surface area (Å²) in [5.74, 6) is 1.02. The van der Waals surface area contributed by atoms with Crippen molar-refractivity contribution in [1.29, 1.82) is 0 Å². The lowest BCUT2D eigenvalue weighted by Gasteiger charge is -2.28. The molecule has 1 aliphatic carbocycles. The molecule has 1 aliphatic rings. The third-order valence-electron chi connectivity index (χ3n) is 4.63.